The highest BCUT2D eigenvalue weighted by Gasteiger charge is 2.35. The molecule has 0 atom stereocenters. The second-order valence-electron chi connectivity index (χ2n) is 13.7. The van der Waals surface area contributed by atoms with Crippen LogP contribution < -0.4 is 4.90 Å². The Hall–Kier alpha value is -6.12. The van der Waals surface area contributed by atoms with Gasteiger partial charge in [-0.3, -0.25) is 0 Å². The lowest BCUT2D eigenvalue weighted by Gasteiger charge is -2.28. The van der Waals surface area contributed by atoms with E-state index in [0.717, 1.165) is 44.4 Å². The van der Waals surface area contributed by atoms with Crippen molar-refractivity contribution in [3.8, 4) is 22.3 Å². The zero-order valence-corrected chi connectivity index (χ0v) is 27.4. The minimum absolute atomic E-state index is 0.0875. The van der Waals surface area contributed by atoms with E-state index in [1.54, 1.807) is 0 Å². The molecule has 0 aliphatic heterocycles. The number of fused-ring (bicyclic) bond motifs is 9. The summed E-state index contributed by atoms with van der Waals surface area (Å²) in [6.45, 7) is 4.68. The van der Waals surface area contributed by atoms with Crippen molar-refractivity contribution in [2.45, 2.75) is 19.3 Å². The molecule has 9 aromatic rings. The molecule has 0 radical (unpaired) electrons. The van der Waals surface area contributed by atoms with Crippen molar-refractivity contribution in [3.05, 3.63) is 175 Å². The van der Waals surface area contributed by atoms with Crippen LogP contribution in [-0.2, 0) is 5.41 Å². The van der Waals surface area contributed by atoms with E-state index in [2.05, 4.69) is 183 Å². The molecule has 0 saturated carbocycles. The Morgan fingerprint density at radius 3 is 1.94 bits per heavy atom. The van der Waals surface area contributed by atoms with E-state index in [-0.39, 0.29) is 5.41 Å². The molecule has 0 spiro atoms. The number of furan rings is 1. The second-order valence-corrected chi connectivity index (χ2v) is 13.7. The standard InChI is InChI=1S/C47H33NO/c1-47(2)43-22-11-10-19-37(43)38-25-23-32(27-44(38)47)48(31-15-4-3-5-16-31)33-24-26-39-42-29-41(35-21-12-14-30-13-6-7-17-34(30)35)36-18-8-9-20-40(36)46(42)49-45(39)28-33/h3-29H,1-2H3. The van der Waals surface area contributed by atoms with Gasteiger partial charge >= 0.3 is 0 Å². The summed E-state index contributed by atoms with van der Waals surface area (Å²) in [5, 5.41) is 7.06. The lowest BCUT2D eigenvalue weighted by atomic mass is 9.82. The second kappa shape index (κ2) is 10.4. The van der Waals surface area contributed by atoms with Gasteiger partial charge in [0.25, 0.3) is 0 Å². The fourth-order valence-electron chi connectivity index (χ4n) is 8.26. The SMILES string of the molecule is CC1(C)c2ccccc2-c2ccc(N(c3ccccc3)c3ccc4c(c3)oc3c5ccccc5c(-c5cccc6ccccc56)cc43)cc21. The van der Waals surface area contributed by atoms with Crippen molar-refractivity contribution in [2.24, 2.45) is 0 Å². The fourth-order valence-corrected chi connectivity index (χ4v) is 8.26. The van der Waals surface area contributed by atoms with E-state index in [1.165, 1.54) is 49.5 Å². The summed E-state index contributed by atoms with van der Waals surface area (Å²) in [6.07, 6.45) is 0. The normalized spacial score (nSPS) is 13.3. The molecule has 2 heteroatoms. The third kappa shape index (κ3) is 4.14. The Bertz CT molecular complexity index is 2750. The van der Waals surface area contributed by atoms with Crippen molar-refractivity contribution in [3.63, 3.8) is 0 Å². The van der Waals surface area contributed by atoms with Crippen LogP contribution >= 0.6 is 0 Å². The molecule has 0 saturated heterocycles. The van der Waals surface area contributed by atoms with Gasteiger partial charge in [0.2, 0.25) is 0 Å². The highest BCUT2D eigenvalue weighted by Crippen LogP contribution is 2.51. The summed E-state index contributed by atoms with van der Waals surface area (Å²) < 4.78 is 6.83. The first kappa shape index (κ1) is 27.9. The molecule has 1 heterocycles. The van der Waals surface area contributed by atoms with Crippen molar-refractivity contribution < 1.29 is 4.42 Å². The maximum atomic E-state index is 6.83. The van der Waals surface area contributed by atoms with Gasteiger partial charge in [0.15, 0.2) is 0 Å². The highest BCUT2D eigenvalue weighted by atomic mass is 16.3. The maximum absolute atomic E-state index is 6.83. The van der Waals surface area contributed by atoms with E-state index in [1.807, 2.05) is 0 Å². The molecule has 49 heavy (non-hydrogen) atoms. The summed E-state index contributed by atoms with van der Waals surface area (Å²) in [5.74, 6) is 0. The van der Waals surface area contributed by atoms with Gasteiger partial charge in [-0.15, -0.1) is 0 Å². The summed E-state index contributed by atoms with van der Waals surface area (Å²) in [6, 6.07) is 59.3. The Morgan fingerprint density at radius 2 is 1.06 bits per heavy atom. The molecule has 0 N–H and O–H groups in total. The largest absolute Gasteiger partial charge is 0.455 e. The first-order valence-corrected chi connectivity index (χ1v) is 17.0. The molecular weight excluding hydrogens is 595 g/mol. The van der Waals surface area contributed by atoms with Crippen LogP contribution in [0.1, 0.15) is 25.0 Å². The number of anilines is 3. The minimum Gasteiger partial charge on any atom is -0.455 e. The van der Waals surface area contributed by atoms with Gasteiger partial charge in [-0.2, -0.15) is 0 Å². The van der Waals surface area contributed by atoms with E-state index in [4.69, 9.17) is 4.42 Å². The Morgan fingerprint density at radius 1 is 0.408 bits per heavy atom. The molecule has 1 aliphatic rings. The van der Waals surface area contributed by atoms with Crippen LogP contribution in [0.15, 0.2) is 168 Å². The minimum atomic E-state index is -0.0875. The van der Waals surface area contributed by atoms with Gasteiger partial charge in [0.05, 0.1) is 0 Å². The van der Waals surface area contributed by atoms with E-state index in [9.17, 15) is 0 Å². The van der Waals surface area contributed by atoms with Crippen LogP contribution in [0.5, 0.6) is 0 Å². The van der Waals surface area contributed by atoms with Gasteiger partial charge in [-0.25, -0.2) is 0 Å². The topological polar surface area (TPSA) is 16.4 Å². The van der Waals surface area contributed by atoms with Gasteiger partial charge < -0.3 is 9.32 Å². The van der Waals surface area contributed by atoms with Crippen LogP contribution in [0.3, 0.4) is 0 Å². The molecule has 0 unspecified atom stereocenters. The molecule has 232 valence electrons. The fraction of sp³-hybridized carbons (Fsp3) is 0.0638. The van der Waals surface area contributed by atoms with Crippen LogP contribution in [-0.4, -0.2) is 0 Å². The Balaban J connectivity index is 1.17. The van der Waals surface area contributed by atoms with Gasteiger partial charge in [-0.1, -0.05) is 129 Å². The Kier molecular flexibility index (Phi) is 5.95. The monoisotopic (exact) mass is 627 g/mol. The van der Waals surface area contributed by atoms with E-state index >= 15 is 0 Å². The van der Waals surface area contributed by atoms with Crippen LogP contribution in [0.2, 0.25) is 0 Å². The lowest BCUT2D eigenvalue weighted by Crippen LogP contribution is -2.16. The molecule has 2 nitrogen and oxygen atoms in total. The first-order chi connectivity index (χ1) is 24.1. The average Bonchev–Trinajstić information content (AvgIpc) is 3.63. The molecule has 1 aliphatic carbocycles. The van der Waals surface area contributed by atoms with E-state index < -0.39 is 0 Å². The molecule has 0 amide bonds. The summed E-state index contributed by atoms with van der Waals surface area (Å²) in [5.41, 5.74) is 12.9. The highest BCUT2D eigenvalue weighted by molar-refractivity contribution is 6.20. The molecule has 10 rings (SSSR count). The number of hydrogen-bond donors (Lipinski definition) is 0. The molecule has 0 fully saturated rings. The Labute approximate surface area is 285 Å². The number of para-hydroxylation sites is 1. The van der Waals surface area contributed by atoms with Gasteiger partial charge in [0.1, 0.15) is 11.2 Å². The van der Waals surface area contributed by atoms with Gasteiger partial charge in [0, 0.05) is 44.7 Å². The summed E-state index contributed by atoms with van der Waals surface area (Å²) in [7, 11) is 0. The predicted octanol–water partition coefficient (Wildman–Crippen LogP) is 13.3. The summed E-state index contributed by atoms with van der Waals surface area (Å²) >= 11 is 0. The number of hydrogen-bond acceptors (Lipinski definition) is 2. The van der Waals surface area contributed by atoms with E-state index in [0.29, 0.717) is 0 Å². The molecule has 1 aromatic heterocycles. The van der Waals surface area contributed by atoms with Crippen LogP contribution in [0.25, 0.3) is 65.7 Å². The summed E-state index contributed by atoms with van der Waals surface area (Å²) in [4.78, 5) is 2.35. The number of benzene rings is 8. The molecule has 0 bridgehead atoms. The van der Waals surface area contributed by atoms with Crippen molar-refractivity contribution in [1.29, 1.82) is 0 Å². The van der Waals surface area contributed by atoms with Crippen molar-refractivity contribution in [1.82, 2.24) is 0 Å². The molecular formula is C47H33NO. The zero-order valence-electron chi connectivity index (χ0n) is 27.4. The van der Waals surface area contributed by atoms with Crippen LogP contribution in [0.4, 0.5) is 17.1 Å². The third-order valence-corrected chi connectivity index (χ3v) is 10.6. The number of nitrogens with zero attached hydrogens (tertiary/aromatic N) is 1. The number of rotatable bonds is 4. The first-order valence-electron chi connectivity index (χ1n) is 17.0. The van der Waals surface area contributed by atoms with Crippen molar-refractivity contribution in [2.75, 3.05) is 4.90 Å². The quantitative estimate of drug-likeness (QED) is 0.193. The third-order valence-electron chi connectivity index (χ3n) is 10.6. The maximum Gasteiger partial charge on any atom is 0.143 e. The predicted molar refractivity (Wildman–Crippen MR) is 206 cm³/mol. The average molecular weight is 628 g/mol. The van der Waals surface area contributed by atoms with Crippen LogP contribution in [0, 0.1) is 0 Å². The van der Waals surface area contributed by atoms with Crippen molar-refractivity contribution >= 4 is 60.5 Å². The molecule has 8 aromatic carbocycles. The van der Waals surface area contributed by atoms with Gasteiger partial charge in [-0.05, 0) is 92.0 Å². The smallest absolute Gasteiger partial charge is 0.143 e. The lowest BCUT2D eigenvalue weighted by molar-refractivity contribution is 0.660. The zero-order chi connectivity index (χ0) is 32.7.